The third kappa shape index (κ3) is 3.60. The van der Waals surface area contributed by atoms with Gasteiger partial charge in [0.1, 0.15) is 4.90 Å². The minimum atomic E-state index is -3.55. The van der Waals surface area contributed by atoms with Gasteiger partial charge in [0.05, 0.1) is 6.10 Å². The number of methoxy groups -OCH3 is 1. The van der Waals surface area contributed by atoms with Crippen LogP contribution in [0.1, 0.15) is 11.7 Å². The third-order valence-corrected chi connectivity index (χ3v) is 4.71. The quantitative estimate of drug-likeness (QED) is 0.883. The van der Waals surface area contributed by atoms with Crippen molar-refractivity contribution in [1.29, 1.82) is 0 Å². The van der Waals surface area contributed by atoms with Crippen LogP contribution < -0.4 is 4.72 Å². The van der Waals surface area contributed by atoms with Crippen molar-refractivity contribution in [2.75, 3.05) is 13.7 Å². The fourth-order valence-corrected chi connectivity index (χ4v) is 3.27. The zero-order valence-corrected chi connectivity index (χ0v) is 11.9. The summed E-state index contributed by atoms with van der Waals surface area (Å²) in [6.45, 7) is 0.185. The molecule has 0 unspecified atom stereocenters. The Hall–Kier alpha value is -1.28. The molecule has 0 bridgehead atoms. The summed E-state index contributed by atoms with van der Waals surface area (Å²) in [5, 5.41) is 3.86. The number of hydrogen-bond acceptors (Lipinski definition) is 5. The van der Waals surface area contributed by atoms with Gasteiger partial charge in [0.15, 0.2) is 0 Å². The number of ether oxygens (including phenoxy) is 1. The van der Waals surface area contributed by atoms with Crippen LogP contribution in [0.2, 0.25) is 0 Å². The highest BCUT2D eigenvalue weighted by atomic mass is 32.2. The largest absolute Gasteiger partial charge is 0.375 e. The standard InChI is InChI=1S/C12H14N2O3S2/c1-17-12(10-4-6-18-9-10)8-14-19(15,16)11-3-2-5-13-7-11/h2-7,9,12,14H,8H2,1H3/t12-/m1/s1. The highest BCUT2D eigenvalue weighted by Gasteiger charge is 2.18. The smallest absolute Gasteiger partial charge is 0.242 e. The van der Waals surface area contributed by atoms with Gasteiger partial charge in [0.2, 0.25) is 10.0 Å². The highest BCUT2D eigenvalue weighted by molar-refractivity contribution is 7.89. The number of thiophene rings is 1. The van der Waals surface area contributed by atoms with Crippen LogP contribution in [0.4, 0.5) is 0 Å². The van der Waals surface area contributed by atoms with Crippen molar-refractivity contribution >= 4 is 21.4 Å². The molecule has 2 rings (SSSR count). The normalized spacial score (nSPS) is 13.3. The van der Waals surface area contributed by atoms with E-state index >= 15 is 0 Å². The van der Waals surface area contributed by atoms with Gasteiger partial charge in [-0.3, -0.25) is 4.98 Å². The van der Waals surface area contributed by atoms with Crippen LogP contribution in [0.5, 0.6) is 0 Å². The fraction of sp³-hybridized carbons (Fsp3) is 0.250. The van der Waals surface area contributed by atoms with Gasteiger partial charge in [0, 0.05) is 26.0 Å². The molecule has 2 aromatic heterocycles. The molecular formula is C12H14N2O3S2. The van der Waals surface area contributed by atoms with Crippen molar-refractivity contribution in [1.82, 2.24) is 9.71 Å². The number of aromatic nitrogens is 1. The maximum absolute atomic E-state index is 12.0. The molecule has 0 aliphatic heterocycles. The van der Waals surface area contributed by atoms with Gasteiger partial charge in [-0.15, -0.1) is 0 Å². The van der Waals surface area contributed by atoms with E-state index in [0.29, 0.717) is 0 Å². The van der Waals surface area contributed by atoms with E-state index in [4.69, 9.17) is 4.74 Å². The van der Waals surface area contributed by atoms with Gasteiger partial charge >= 0.3 is 0 Å². The summed E-state index contributed by atoms with van der Waals surface area (Å²) < 4.78 is 31.9. The Labute approximate surface area is 116 Å². The Balaban J connectivity index is 2.06. The molecule has 2 heterocycles. The molecule has 7 heteroatoms. The van der Waals surface area contributed by atoms with Crippen molar-refractivity contribution in [2.24, 2.45) is 0 Å². The molecule has 0 fully saturated rings. The molecular weight excluding hydrogens is 284 g/mol. The number of pyridine rings is 1. The van der Waals surface area contributed by atoms with Gasteiger partial charge in [-0.1, -0.05) is 0 Å². The molecule has 2 aromatic rings. The van der Waals surface area contributed by atoms with Gasteiger partial charge in [-0.05, 0) is 34.5 Å². The summed E-state index contributed by atoms with van der Waals surface area (Å²) in [6.07, 6.45) is 2.55. The number of nitrogens with one attached hydrogen (secondary N) is 1. The Kier molecular flexibility index (Phi) is 4.65. The summed E-state index contributed by atoms with van der Waals surface area (Å²) in [5.74, 6) is 0. The van der Waals surface area contributed by atoms with Crippen LogP contribution in [0.15, 0.2) is 46.2 Å². The van der Waals surface area contributed by atoms with Crippen LogP contribution in [0, 0.1) is 0 Å². The number of nitrogens with zero attached hydrogens (tertiary/aromatic N) is 1. The minimum absolute atomic E-state index is 0.148. The van der Waals surface area contributed by atoms with Gasteiger partial charge < -0.3 is 4.74 Å². The molecule has 102 valence electrons. The lowest BCUT2D eigenvalue weighted by Gasteiger charge is -2.15. The van der Waals surface area contributed by atoms with Crippen molar-refractivity contribution in [3.63, 3.8) is 0 Å². The third-order valence-electron chi connectivity index (χ3n) is 2.60. The fourth-order valence-electron chi connectivity index (χ4n) is 1.57. The first kappa shape index (κ1) is 14.1. The van der Waals surface area contributed by atoms with E-state index in [1.54, 1.807) is 24.5 Å². The molecule has 1 atom stereocenters. The second-order valence-corrected chi connectivity index (χ2v) is 6.37. The van der Waals surface area contributed by atoms with E-state index in [9.17, 15) is 8.42 Å². The summed E-state index contributed by atoms with van der Waals surface area (Å²) in [6, 6.07) is 5.00. The van der Waals surface area contributed by atoms with E-state index < -0.39 is 10.0 Å². The maximum Gasteiger partial charge on any atom is 0.242 e. The lowest BCUT2D eigenvalue weighted by molar-refractivity contribution is 0.107. The monoisotopic (exact) mass is 298 g/mol. The van der Waals surface area contributed by atoms with Crippen LogP contribution >= 0.6 is 11.3 Å². The second kappa shape index (κ2) is 6.25. The SMILES string of the molecule is CO[C@H](CNS(=O)(=O)c1cccnc1)c1ccsc1. The van der Waals surface area contributed by atoms with E-state index in [-0.39, 0.29) is 17.5 Å². The van der Waals surface area contributed by atoms with Gasteiger partial charge in [-0.2, -0.15) is 11.3 Å². The van der Waals surface area contributed by atoms with Crippen LogP contribution in [-0.2, 0) is 14.8 Å². The lowest BCUT2D eigenvalue weighted by atomic mass is 10.2. The highest BCUT2D eigenvalue weighted by Crippen LogP contribution is 2.19. The van der Waals surface area contributed by atoms with E-state index in [1.807, 2.05) is 16.8 Å². The number of hydrogen-bond donors (Lipinski definition) is 1. The lowest BCUT2D eigenvalue weighted by Crippen LogP contribution is -2.29. The first-order valence-electron chi connectivity index (χ1n) is 5.58. The average molecular weight is 298 g/mol. The molecule has 19 heavy (non-hydrogen) atoms. The predicted octanol–water partition coefficient (Wildman–Crippen LogP) is 1.81. The van der Waals surface area contributed by atoms with Crippen molar-refractivity contribution < 1.29 is 13.2 Å². The molecule has 0 spiro atoms. The van der Waals surface area contributed by atoms with Gasteiger partial charge in [-0.25, -0.2) is 13.1 Å². The number of sulfonamides is 1. The molecule has 0 radical (unpaired) electrons. The zero-order valence-electron chi connectivity index (χ0n) is 10.3. The molecule has 0 aliphatic rings. The summed E-state index contributed by atoms with van der Waals surface area (Å²) in [5.41, 5.74) is 0.960. The average Bonchev–Trinajstić information content (AvgIpc) is 2.94. The summed E-state index contributed by atoms with van der Waals surface area (Å²) in [4.78, 5) is 3.95. The van der Waals surface area contributed by atoms with Gasteiger partial charge in [0.25, 0.3) is 0 Å². The molecule has 0 aliphatic carbocycles. The molecule has 0 saturated heterocycles. The van der Waals surface area contributed by atoms with Crippen LogP contribution in [0.25, 0.3) is 0 Å². The number of rotatable bonds is 6. The first-order valence-corrected chi connectivity index (χ1v) is 8.00. The van der Waals surface area contributed by atoms with E-state index in [1.165, 1.54) is 18.5 Å². The zero-order chi connectivity index (χ0) is 13.7. The van der Waals surface area contributed by atoms with Crippen molar-refractivity contribution in [3.8, 4) is 0 Å². The maximum atomic E-state index is 12.0. The predicted molar refractivity (Wildman–Crippen MR) is 73.5 cm³/mol. The minimum Gasteiger partial charge on any atom is -0.375 e. The Morgan fingerprint density at radius 3 is 2.89 bits per heavy atom. The van der Waals surface area contributed by atoms with Crippen LogP contribution in [-0.4, -0.2) is 27.1 Å². The Morgan fingerprint density at radius 2 is 2.32 bits per heavy atom. The molecule has 0 amide bonds. The van der Waals surface area contributed by atoms with Crippen molar-refractivity contribution in [3.05, 3.63) is 46.9 Å². The molecule has 5 nitrogen and oxygen atoms in total. The Bertz CT molecular complexity index is 597. The summed E-state index contributed by atoms with van der Waals surface area (Å²) in [7, 11) is -1.99. The Morgan fingerprint density at radius 1 is 1.47 bits per heavy atom. The second-order valence-electron chi connectivity index (χ2n) is 3.82. The molecule has 1 N–H and O–H groups in total. The van der Waals surface area contributed by atoms with E-state index in [2.05, 4.69) is 9.71 Å². The van der Waals surface area contributed by atoms with Crippen LogP contribution in [0.3, 0.4) is 0 Å². The topological polar surface area (TPSA) is 68.3 Å². The first-order chi connectivity index (χ1) is 9.13. The van der Waals surface area contributed by atoms with E-state index in [0.717, 1.165) is 5.56 Å². The molecule has 0 aromatic carbocycles. The van der Waals surface area contributed by atoms with Crippen molar-refractivity contribution in [2.45, 2.75) is 11.0 Å². The summed E-state index contributed by atoms with van der Waals surface area (Å²) >= 11 is 1.55. The molecule has 0 saturated carbocycles.